The first-order valence-electron chi connectivity index (χ1n) is 7.21. The molecule has 21 heavy (non-hydrogen) atoms. The average molecular weight is 314 g/mol. The highest BCUT2D eigenvalue weighted by atomic mass is 35.5. The van der Waals surface area contributed by atoms with Crippen molar-refractivity contribution in [1.82, 2.24) is 14.7 Å². The van der Waals surface area contributed by atoms with Crippen molar-refractivity contribution in [2.24, 2.45) is 12.5 Å². The van der Waals surface area contributed by atoms with Crippen LogP contribution in [0.3, 0.4) is 0 Å². The van der Waals surface area contributed by atoms with Gasteiger partial charge in [0.05, 0.1) is 22.9 Å². The Labute approximate surface area is 128 Å². The average Bonchev–Trinajstić information content (AvgIpc) is 2.74. The van der Waals surface area contributed by atoms with Crippen molar-refractivity contribution in [3.63, 3.8) is 0 Å². The topological polar surface area (TPSA) is 78.6 Å². The Morgan fingerprint density at radius 3 is 2.33 bits per heavy atom. The van der Waals surface area contributed by atoms with Gasteiger partial charge >= 0.3 is 0 Å². The van der Waals surface area contributed by atoms with Crippen LogP contribution in [0, 0.1) is 12.3 Å². The standard InChI is InChI=1S/C14H20ClN3O3/c1-8-11(15)12(16-17(8)2)13(21)18-5-3-14(4-6-18)9(19)7-10(14)20/h9-10,19-20H,3-7H2,1-2H3. The van der Waals surface area contributed by atoms with Gasteiger partial charge in [0.15, 0.2) is 5.69 Å². The Kier molecular flexibility index (Phi) is 3.50. The number of hydrogen-bond donors (Lipinski definition) is 2. The van der Waals surface area contributed by atoms with Gasteiger partial charge in [-0.3, -0.25) is 9.48 Å². The maximum absolute atomic E-state index is 12.5. The first kappa shape index (κ1) is 14.8. The van der Waals surface area contributed by atoms with E-state index in [1.807, 2.05) is 6.92 Å². The second kappa shape index (κ2) is 4.97. The lowest BCUT2D eigenvalue weighted by molar-refractivity contribution is -0.187. The number of amides is 1. The van der Waals surface area contributed by atoms with Crippen LogP contribution in [0.1, 0.15) is 35.4 Å². The molecule has 116 valence electrons. The molecule has 2 N–H and O–H groups in total. The van der Waals surface area contributed by atoms with Crippen LogP contribution >= 0.6 is 11.6 Å². The predicted octanol–water partition coefficient (Wildman–Crippen LogP) is 0.730. The zero-order valence-electron chi connectivity index (χ0n) is 12.2. The molecule has 6 nitrogen and oxygen atoms in total. The van der Waals surface area contributed by atoms with E-state index in [1.165, 1.54) is 0 Å². The van der Waals surface area contributed by atoms with Crippen molar-refractivity contribution in [3.05, 3.63) is 16.4 Å². The minimum absolute atomic E-state index is 0.179. The van der Waals surface area contributed by atoms with E-state index in [-0.39, 0.29) is 11.6 Å². The number of hydrogen-bond acceptors (Lipinski definition) is 4. The summed E-state index contributed by atoms with van der Waals surface area (Å²) < 4.78 is 1.60. The summed E-state index contributed by atoms with van der Waals surface area (Å²) in [6.45, 7) is 2.84. The number of aliphatic hydroxyl groups excluding tert-OH is 2. The van der Waals surface area contributed by atoms with E-state index in [0.717, 1.165) is 5.69 Å². The van der Waals surface area contributed by atoms with Gasteiger partial charge in [-0.25, -0.2) is 0 Å². The maximum atomic E-state index is 12.5. The summed E-state index contributed by atoms with van der Waals surface area (Å²) in [5.41, 5.74) is 0.626. The maximum Gasteiger partial charge on any atom is 0.275 e. The van der Waals surface area contributed by atoms with Crippen LogP contribution in [-0.4, -0.2) is 56.1 Å². The molecule has 7 heteroatoms. The third-order valence-electron chi connectivity index (χ3n) is 5.22. The summed E-state index contributed by atoms with van der Waals surface area (Å²) >= 11 is 6.16. The second-order valence-corrected chi connectivity index (χ2v) is 6.54. The lowest BCUT2D eigenvalue weighted by atomic mass is 9.58. The van der Waals surface area contributed by atoms with Gasteiger partial charge in [-0.05, 0) is 19.8 Å². The number of rotatable bonds is 1. The molecule has 2 aliphatic rings. The summed E-state index contributed by atoms with van der Waals surface area (Å²) in [5.74, 6) is -0.179. The van der Waals surface area contributed by atoms with Crippen LogP contribution in [0.25, 0.3) is 0 Å². The van der Waals surface area contributed by atoms with Crippen LogP contribution in [0.2, 0.25) is 5.02 Å². The van der Waals surface area contributed by atoms with Gasteiger partial charge in [0, 0.05) is 32.0 Å². The summed E-state index contributed by atoms with van der Waals surface area (Å²) in [4.78, 5) is 14.2. The predicted molar refractivity (Wildman–Crippen MR) is 77.2 cm³/mol. The van der Waals surface area contributed by atoms with Crippen LogP contribution in [-0.2, 0) is 7.05 Å². The van der Waals surface area contributed by atoms with E-state index >= 15 is 0 Å². The molecule has 1 aromatic heterocycles. The first-order chi connectivity index (χ1) is 9.86. The molecule has 1 amide bonds. The fourth-order valence-electron chi connectivity index (χ4n) is 3.40. The minimum Gasteiger partial charge on any atom is -0.392 e. The molecule has 1 saturated carbocycles. The van der Waals surface area contributed by atoms with Gasteiger partial charge in [-0.1, -0.05) is 11.6 Å². The highest BCUT2D eigenvalue weighted by molar-refractivity contribution is 6.34. The zero-order chi connectivity index (χ0) is 15.4. The number of piperidine rings is 1. The summed E-state index contributed by atoms with van der Waals surface area (Å²) in [6, 6.07) is 0. The highest BCUT2D eigenvalue weighted by Crippen LogP contribution is 2.49. The minimum atomic E-state index is -0.453. The van der Waals surface area contributed by atoms with E-state index in [0.29, 0.717) is 37.4 Å². The number of carbonyl (C=O) groups excluding carboxylic acids is 1. The van der Waals surface area contributed by atoms with Gasteiger partial charge in [-0.2, -0.15) is 5.10 Å². The van der Waals surface area contributed by atoms with Crippen LogP contribution in [0.4, 0.5) is 0 Å². The number of likely N-dealkylation sites (tertiary alicyclic amines) is 1. The van der Waals surface area contributed by atoms with E-state index in [1.54, 1.807) is 16.6 Å². The lowest BCUT2D eigenvalue weighted by Gasteiger charge is -2.54. The number of halogens is 1. The van der Waals surface area contributed by atoms with Crippen molar-refractivity contribution in [2.45, 2.75) is 38.4 Å². The highest BCUT2D eigenvalue weighted by Gasteiger charge is 2.55. The number of aryl methyl sites for hydroxylation is 1. The van der Waals surface area contributed by atoms with Crippen LogP contribution in [0.15, 0.2) is 0 Å². The Hall–Kier alpha value is -1.11. The smallest absolute Gasteiger partial charge is 0.275 e. The number of nitrogens with zero attached hydrogens (tertiary/aromatic N) is 3. The van der Waals surface area contributed by atoms with E-state index in [4.69, 9.17) is 11.6 Å². The first-order valence-corrected chi connectivity index (χ1v) is 7.59. The number of aliphatic hydroxyl groups is 2. The molecule has 2 unspecified atom stereocenters. The third kappa shape index (κ3) is 2.08. The molecule has 2 heterocycles. The van der Waals surface area contributed by atoms with E-state index in [9.17, 15) is 15.0 Å². The van der Waals surface area contributed by atoms with Gasteiger partial charge < -0.3 is 15.1 Å². The third-order valence-corrected chi connectivity index (χ3v) is 5.67. The largest absolute Gasteiger partial charge is 0.392 e. The molecule has 1 aliphatic heterocycles. The quantitative estimate of drug-likeness (QED) is 0.801. The Balaban J connectivity index is 1.72. The van der Waals surface area contributed by atoms with E-state index < -0.39 is 17.6 Å². The molecule has 2 fully saturated rings. The molecule has 0 radical (unpaired) electrons. The van der Waals surface area contributed by atoms with Gasteiger partial charge in [0.2, 0.25) is 0 Å². The molecule has 1 aromatic rings. The van der Waals surface area contributed by atoms with Crippen molar-refractivity contribution in [3.8, 4) is 0 Å². The molecular weight excluding hydrogens is 294 g/mol. The molecule has 1 aliphatic carbocycles. The SMILES string of the molecule is Cc1c(Cl)c(C(=O)N2CCC3(CC2)C(O)CC3O)nn1C. The van der Waals surface area contributed by atoms with Crippen molar-refractivity contribution in [1.29, 1.82) is 0 Å². The summed E-state index contributed by atoms with van der Waals surface area (Å²) in [6.07, 6.45) is 0.768. The number of carbonyl (C=O) groups is 1. The summed E-state index contributed by atoms with van der Waals surface area (Å²) in [5, 5.41) is 24.4. The molecule has 0 bridgehead atoms. The molecular formula is C14H20ClN3O3. The Morgan fingerprint density at radius 1 is 1.33 bits per heavy atom. The van der Waals surface area contributed by atoms with E-state index in [2.05, 4.69) is 5.10 Å². The molecule has 1 spiro atoms. The van der Waals surface area contributed by atoms with Crippen molar-refractivity contribution >= 4 is 17.5 Å². The number of aromatic nitrogens is 2. The zero-order valence-corrected chi connectivity index (χ0v) is 13.0. The molecule has 1 saturated heterocycles. The summed E-state index contributed by atoms with van der Waals surface area (Å²) in [7, 11) is 1.75. The normalized spacial score (nSPS) is 27.8. The van der Waals surface area contributed by atoms with Crippen molar-refractivity contribution < 1.29 is 15.0 Å². The molecule has 0 aromatic carbocycles. The Morgan fingerprint density at radius 2 is 1.90 bits per heavy atom. The molecule has 2 atom stereocenters. The van der Waals surface area contributed by atoms with Gasteiger partial charge in [0.25, 0.3) is 5.91 Å². The fraction of sp³-hybridized carbons (Fsp3) is 0.714. The Bertz CT molecular complexity index is 568. The van der Waals surface area contributed by atoms with Crippen molar-refractivity contribution in [2.75, 3.05) is 13.1 Å². The van der Waals surface area contributed by atoms with Crippen LogP contribution in [0.5, 0.6) is 0 Å². The molecule has 3 rings (SSSR count). The van der Waals surface area contributed by atoms with Gasteiger partial charge in [-0.15, -0.1) is 0 Å². The van der Waals surface area contributed by atoms with Gasteiger partial charge in [0.1, 0.15) is 0 Å². The monoisotopic (exact) mass is 313 g/mol. The fourth-order valence-corrected chi connectivity index (χ4v) is 3.64. The second-order valence-electron chi connectivity index (χ2n) is 6.16. The van der Waals surface area contributed by atoms with Crippen LogP contribution < -0.4 is 0 Å². The lowest BCUT2D eigenvalue weighted by Crippen LogP contribution is -2.61.